The molecule has 0 aliphatic heterocycles. The number of nitrogens with one attached hydrogen (secondary N) is 2. The van der Waals surface area contributed by atoms with Crippen LogP contribution in [0.1, 0.15) is 30.9 Å². The standard InChI is InChI=1S/C19H26N4.HI/c1-3-21-19(22-13-11-17-8-7-12-20-15-17)23-14-16(2)18-9-5-4-6-10-18;/h4-10,12,15-16H,3,11,13-14H2,1-2H3,(H2,21,22,23);1H. The number of aliphatic imine (C=N–C) groups is 1. The molecule has 1 aromatic carbocycles. The average molecular weight is 438 g/mol. The van der Waals surface area contributed by atoms with Crippen molar-refractivity contribution in [2.45, 2.75) is 26.2 Å². The lowest BCUT2D eigenvalue weighted by molar-refractivity contribution is 0.745. The van der Waals surface area contributed by atoms with Crippen LogP contribution >= 0.6 is 24.0 Å². The lowest BCUT2D eigenvalue weighted by Gasteiger charge is -2.13. The Kier molecular flexibility index (Phi) is 10.1. The molecule has 5 heteroatoms. The van der Waals surface area contributed by atoms with E-state index in [-0.39, 0.29) is 24.0 Å². The number of guanidine groups is 1. The summed E-state index contributed by atoms with van der Waals surface area (Å²) in [5.41, 5.74) is 2.55. The van der Waals surface area contributed by atoms with Crippen LogP contribution in [0.2, 0.25) is 0 Å². The third kappa shape index (κ3) is 7.29. The molecule has 0 aliphatic rings. The number of nitrogens with zero attached hydrogens (tertiary/aromatic N) is 2. The molecule has 1 heterocycles. The predicted octanol–water partition coefficient (Wildman–Crippen LogP) is 3.60. The smallest absolute Gasteiger partial charge is 0.191 e. The van der Waals surface area contributed by atoms with E-state index in [1.807, 2.05) is 18.3 Å². The van der Waals surface area contributed by atoms with Gasteiger partial charge in [-0.3, -0.25) is 9.98 Å². The molecule has 1 atom stereocenters. The molecule has 2 rings (SSSR count). The second-order valence-corrected chi connectivity index (χ2v) is 5.57. The van der Waals surface area contributed by atoms with E-state index in [0.29, 0.717) is 5.92 Å². The number of aromatic nitrogens is 1. The minimum absolute atomic E-state index is 0. The minimum Gasteiger partial charge on any atom is -0.357 e. The van der Waals surface area contributed by atoms with Gasteiger partial charge in [-0.1, -0.05) is 43.3 Å². The second kappa shape index (κ2) is 11.8. The summed E-state index contributed by atoms with van der Waals surface area (Å²) in [4.78, 5) is 8.84. The summed E-state index contributed by atoms with van der Waals surface area (Å²) in [7, 11) is 0. The van der Waals surface area contributed by atoms with Gasteiger partial charge in [0.05, 0.1) is 0 Å². The maximum absolute atomic E-state index is 4.70. The number of rotatable bonds is 7. The molecule has 1 unspecified atom stereocenters. The Labute approximate surface area is 162 Å². The van der Waals surface area contributed by atoms with E-state index >= 15 is 0 Å². The highest BCUT2D eigenvalue weighted by Gasteiger charge is 2.05. The van der Waals surface area contributed by atoms with Crippen molar-refractivity contribution in [1.82, 2.24) is 15.6 Å². The highest BCUT2D eigenvalue weighted by atomic mass is 127. The molecule has 2 aromatic rings. The van der Waals surface area contributed by atoms with Crippen LogP contribution in [0, 0.1) is 0 Å². The third-order valence-corrected chi connectivity index (χ3v) is 3.67. The first-order chi connectivity index (χ1) is 11.3. The largest absolute Gasteiger partial charge is 0.357 e. The fourth-order valence-corrected chi connectivity index (χ4v) is 2.33. The maximum atomic E-state index is 4.70. The fourth-order valence-electron chi connectivity index (χ4n) is 2.33. The summed E-state index contributed by atoms with van der Waals surface area (Å²) in [5, 5.41) is 6.69. The molecular formula is C19H27IN4. The van der Waals surface area contributed by atoms with Crippen molar-refractivity contribution in [2.75, 3.05) is 19.6 Å². The van der Waals surface area contributed by atoms with E-state index < -0.39 is 0 Å². The Balaban J connectivity index is 0.00000288. The van der Waals surface area contributed by atoms with Crippen molar-refractivity contribution < 1.29 is 0 Å². The van der Waals surface area contributed by atoms with Gasteiger partial charge < -0.3 is 10.6 Å². The predicted molar refractivity (Wildman–Crippen MR) is 112 cm³/mol. The van der Waals surface area contributed by atoms with Crippen LogP contribution in [0.25, 0.3) is 0 Å². The van der Waals surface area contributed by atoms with E-state index in [1.165, 1.54) is 11.1 Å². The van der Waals surface area contributed by atoms with Gasteiger partial charge in [0.1, 0.15) is 0 Å². The molecule has 130 valence electrons. The van der Waals surface area contributed by atoms with Crippen molar-refractivity contribution in [3.63, 3.8) is 0 Å². The Bertz CT molecular complexity index is 587. The normalized spacial score (nSPS) is 12.2. The fraction of sp³-hybridized carbons (Fsp3) is 0.368. The van der Waals surface area contributed by atoms with Crippen molar-refractivity contribution in [3.05, 3.63) is 66.0 Å². The van der Waals surface area contributed by atoms with Crippen molar-refractivity contribution in [1.29, 1.82) is 0 Å². The lowest BCUT2D eigenvalue weighted by Crippen LogP contribution is -2.38. The summed E-state index contributed by atoms with van der Waals surface area (Å²) in [6, 6.07) is 14.6. The zero-order chi connectivity index (χ0) is 16.3. The highest BCUT2D eigenvalue weighted by molar-refractivity contribution is 14.0. The monoisotopic (exact) mass is 438 g/mol. The molecule has 0 bridgehead atoms. The van der Waals surface area contributed by atoms with Crippen LogP contribution in [-0.2, 0) is 6.42 Å². The maximum Gasteiger partial charge on any atom is 0.191 e. The van der Waals surface area contributed by atoms with Crippen LogP contribution in [0.3, 0.4) is 0 Å². The quantitative estimate of drug-likeness (QED) is 0.395. The van der Waals surface area contributed by atoms with Gasteiger partial charge in [0.15, 0.2) is 5.96 Å². The Morgan fingerprint density at radius 1 is 1.12 bits per heavy atom. The molecule has 0 radical (unpaired) electrons. The molecule has 0 saturated carbocycles. The average Bonchev–Trinajstić information content (AvgIpc) is 2.61. The molecule has 24 heavy (non-hydrogen) atoms. The molecule has 1 aromatic heterocycles. The zero-order valence-corrected chi connectivity index (χ0v) is 16.7. The number of hydrogen-bond donors (Lipinski definition) is 2. The molecular weight excluding hydrogens is 411 g/mol. The van der Waals surface area contributed by atoms with E-state index in [2.05, 4.69) is 59.8 Å². The van der Waals surface area contributed by atoms with E-state index in [1.54, 1.807) is 6.20 Å². The van der Waals surface area contributed by atoms with E-state index in [0.717, 1.165) is 32.0 Å². The van der Waals surface area contributed by atoms with Crippen LogP contribution in [0.15, 0.2) is 59.9 Å². The lowest BCUT2D eigenvalue weighted by atomic mass is 10.0. The molecule has 0 spiro atoms. The Morgan fingerprint density at radius 2 is 1.92 bits per heavy atom. The first kappa shape index (κ1) is 20.4. The van der Waals surface area contributed by atoms with Gasteiger partial charge in [-0.05, 0) is 30.5 Å². The highest BCUT2D eigenvalue weighted by Crippen LogP contribution is 2.14. The third-order valence-electron chi connectivity index (χ3n) is 3.67. The summed E-state index contributed by atoms with van der Waals surface area (Å²) in [6.07, 6.45) is 4.64. The van der Waals surface area contributed by atoms with Crippen molar-refractivity contribution in [2.24, 2.45) is 4.99 Å². The molecule has 0 aliphatic carbocycles. The SMILES string of the molecule is CCNC(=NCC(C)c1ccccc1)NCCc1cccnc1.I. The molecule has 0 amide bonds. The zero-order valence-electron chi connectivity index (χ0n) is 14.4. The van der Waals surface area contributed by atoms with Crippen LogP contribution in [0.4, 0.5) is 0 Å². The van der Waals surface area contributed by atoms with Gasteiger partial charge in [0.25, 0.3) is 0 Å². The van der Waals surface area contributed by atoms with Gasteiger partial charge in [0, 0.05) is 37.9 Å². The number of hydrogen-bond acceptors (Lipinski definition) is 2. The molecule has 2 N–H and O–H groups in total. The van der Waals surface area contributed by atoms with Crippen LogP contribution < -0.4 is 10.6 Å². The van der Waals surface area contributed by atoms with Crippen LogP contribution in [-0.4, -0.2) is 30.6 Å². The number of benzene rings is 1. The van der Waals surface area contributed by atoms with E-state index in [9.17, 15) is 0 Å². The van der Waals surface area contributed by atoms with Crippen LogP contribution in [0.5, 0.6) is 0 Å². The van der Waals surface area contributed by atoms with Gasteiger partial charge >= 0.3 is 0 Å². The van der Waals surface area contributed by atoms with Crippen molar-refractivity contribution in [3.8, 4) is 0 Å². The van der Waals surface area contributed by atoms with Gasteiger partial charge in [-0.2, -0.15) is 0 Å². The summed E-state index contributed by atoms with van der Waals surface area (Å²) in [6.45, 7) is 6.76. The summed E-state index contributed by atoms with van der Waals surface area (Å²) >= 11 is 0. The molecule has 0 saturated heterocycles. The number of pyridine rings is 1. The molecule has 4 nitrogen and oxygen atoms in total. The van der Waals surface area contributed by atoms with Gasteiger partial charge in [-0.25, -0.2) is 0 Å². The first-order valence-electron chi connectivity index (χ1n) is 8.25. The number of halogens is 1. The Morgan fingerprint density at radius 3 is 2.58 bits per heavy atom. The first-order valence-corrected chi connectivity index (χ1v) is 8.25. The van der Waals surface area contributed by atoms with Gasteiger partial charge in [0.2, 0.25) is 0 Å². The topological polar surface area (TPSA) is 49.3 Å². The Hall–Kier alpha value is -1.63. The van der Waals surface area contributed by atoms with Crippen molar-refractivity contribution >= 4 is 29.9 Å². The second-order valence-electron chi connectivity index (χ2n) is 5.57. The van der Waals surface area contributed by atoms with Gasteiger partial charge in [-0.15, -0.1) is 24.0 Å². The summed E-state index contributed by atoms with van der Waals surface area (Å²) < 4.78 is 0. The summed E-state index contributed by atoms with van der Waals surface area (Å²) in [5.74, 6) is 1.28. The molecule has 0 fully saturated rings. The van der Waals surface area contributed by atoms with E-state index in [4.69, 9.17) is 4.99 Å². The minimum atomic E-state index is 0.